The summed E-state index contributed by atoms with van der Waals surface area (Å²) >= 11 is 0. The number of benzene rings is 1. The molecule has 1 aromatic carbocycles. The average Bonchev–Trinajstić information content (AvgIpc) is 2.38. The lowest BCUT2D eigenvalue weighted by Gasteiger charge is -2.36. The maximum absolute atomic E-state index is 13.6. The predicted molar refractivity (Wildman–Crippen MR) is 69.7 cm³/mol. The first-order valence-electron chi connectivity index (χ1n) is 6.32. The summed E-state index contributed by atoms with van der Waals surface area (Å²) in [7, 11) is 0. The molecule has 0 saturated carbocycles. The molecule has 0 aromatic heterocycles. The van der Waals surface area contributed by atoms with Crippen molar-refractivity contribution in [3.63, 3.8) is 0 Å². The molecule has 2 unspecified atom stereocenters. The van der Waals surface area contributed by atoms with E-state index in [0.29, 0.717) is 11.6 Å². The Morgan fingerprint density at radius 1 is 1.56 bits per heavy atom. The van der Waals surface area contributed by atoms with Gasteiger partial charge in [0, 0.05) is 19.1 Å². The van der Waals surface area contributed by atoms with Crippen LogP contribution in [0.1, 0.15) is 25.3 Å². The summed E-state index contributed by atoms with van der Waals surface area (Å²) in [5, 5.41) is 9.06. The molecule has 1 aromatic rings. The van der Waals surface area contributed by atoms with Crippen LogP contribution in [-0.4, -0.2) is 19.1 Å². The van der Waals surface area contributed by atoms with Gasteiger partial charge in [0.05, 0.1) is 5.69 Å². The van der Waals surface area contributed by atoms with Crippen LogP contribution < -0.4 is 10.6 Å². The quantitative estimate of drug-likeness (QED) is 0.872. The summed E-state index contributed by atoms with van der Waals surface area (Å²) in [4.78, 5) is 2.08. The van der Waals surface area contributed by atoms with Gasteiger partial charge in [-0.25, -0.2) is 4.39 Å². The van der Waals surface area contributed by atoms with E-state index < -0.39 is 5.82 Å². The van der Waals surface area contributed by atoms with Crippen molar-refractivity contribution in [1.82, 2.24) is 0 Å². The number of halogens is 1. The number of piperidine rings is 1. The van der Waals surface area contributed by atoms with Gasteiger partial charge in [0.2, 0.25) is 0 Å². The van der Waals surface area contributed by atoms with Gasteiger partial charge in [-0.05, 0) is 37.8 Å². The average molecular weight is 247 g/mol. The van der Waals surface area contributed by atoms with E-state index in [9.17, 15) is 4.39 Å². The summed E-state index contributed by atoms with van der Waals surface area (Å²) < 4.78 is 13.6. The van der Waals surface area contributed by atoms with Crippen LogP contribution in [0.4, 0.5) is 10.1 Å². The fraction of sp³-hybridized carbons (Fsp3) is 0.500. The van der Waals surface area contributed by atoms with E-state index in [1.54, 1.807) is 6.07 Å². The van der Waals surface area contributed by atoms with E-state index in [1.165, 1.54) is 6.07 Å². The van der Waals surface area contributed by atoms with Crippen LogP contribution in [0.25, 0.3) is 0 Å². The summed E-state index contributed by atoms with van der Waals surface area (Å²) in [6, 6.07) is 6.88. The Balaban J connectivity index is 2.27. The van der Waals surface area contributed by atoms with E-state index in [0.717, 1.165) is 25.9 Å². The number of nitrogens with two attached hydrogens (primary N) is 1. The Labute approximate surface area is 107 Å². The minimum atomic E-state index is -0.446. The Bertz CT molecular complexity index is 465. The SMILES string of the molecule is CC(N)C1CCCN(c2cccc(F)c2C#N)C1. The Hall–Kier alpha value is -1.60. The highest BCUT2D eigenvalue weighted by atomic mass is 19.1. The summed E-state index contributed by atoms with van der Waals surface area (Å²) in [6.07, 6.45) is 2.14. The van der Waals surface area contributed by atoms with Crippen molar-refractivity contribution in [3.8, 4) is 6.07 Å². The number of nitriles is 1. The van der Waals surface area contributed by atoms with Crippen LogP contribution in [-0.2, 0) is 0 Å². The number of anilines is 1. The van der Waals surface area contributed by atoms with Gasteiger partial charge in [-0.15, -0.1) is 0 Å². The van der Waals surface area contributed by atoms with Crippen molar-refractivity contribution < 1.29 is 4.39 Å². The number of hydrogen-bond donors (Lipinski definition) is 1. The number of rotatable bonds is 2. The van der Waals surface area contributed by atoms with Crippen LogP contribution in [0, 0.1) is 23.1 Å². The summed E-state index contributed by atoms with van der Waals surface area (Å²) in [5.74, 6) is -0.0357. The van der Waals surface area contributed by atoms with E-state index in [2.05, 4.69) is 4.90 Å². The highest BCUT2D eigenvalue weighted by molar-refractivity contribution is 5.60. The van der Waals surface area contributed by atoms with Gasteiger partial charge in [0.15, 0.2) is 0 Å². The molecule has 2 N–H and O–H groups in total. The van der Waals surface area contributed by atoms with Crippen molar-refractivity contribution in [2.75, 3.05) is 18.0 Å². The zero-order valence-corrected chi connectivity index (χ0v) is 10.6. The molecule has 0 radical (unpaired) electrons. The molecular formula is C14H18FN3. The highest BCUT2D eigenvalue weighted by Gasteiger charge is 2.24. The molecule has 3 nitrogen and oxygen atoms in total. The minimum Gasteiger partial charge on any atom is -0.370 e. The van der Waals surface area contributed by atoms with Gasteiger partial charge in [-0.1, -0.05) is 6.07 Å². The highest BCUT2D eigenvalue weighted by Crippen LogP contribution is 2.28. The molecule has 96 valence electrons. The van der Waals surface area contributed by atoms with E-state index in [4.69, 9.17) is 11.0 Å². The van der Waals surface area contributed by atoms with Crippen LogP contribution >= 0.6 is 0 Å². The van der Waals surface area contributed by atoms with Crippen molar-refractivity contribution in [3.05, 3.63) is 29.6 Å². The van der Waals surface area contributed by atoms with Crippen molar-refractivity contribution >= 4 is 5.69 Å². The standard InChI is InChI=1S/C14H18FN3/c1-10(17)11-4-3-7-18(9-11)14-6-2-5-13(15)12(14)8-16/h2,5-6,10-11H,3-4,7,9,17H2,1H3. The van der Waals surface area contributed by atoms with Gasteiger partial charge >= 0.3 is 0 Å². The fourth-order valence-electron chi connectivity index (χ4n) is 2.54. The van der Waals surface area contributed by atoms with E-state index in [1.807, 2.05) is 19.1 Å². The van der Waals surface area contributed by atoms with Gasteiger partial charge in [0.1, 0.15) is 17.4 Å². The molecule has 2 atom stereocenters. The Morgan fingerprint density at radius 2 is 2.33 bits per heavy atom. The van der Waals surface area contributed by atoms with Crippen molar-refractivity contribution in [2.45, 2.75) is 25.8 Å². The first-order chi connectivity index (χ1) is 8.63. The minimum absolute atomic E-state index is 0.131. The lowest BCUT2D eigenvalue weighted by Crippen LogP contribution is -2.42. The van der Waals surface area contributed by atoms with Crippen LogP contribution in [0.15, 0.2) is 18.2 Å². The second-order valence-corrected chi connectivity index (χ2v) is 4.95. The Kier molecular flexibility index (Phi) is 3.83. The zero-order chi connectivity index (χ0) is 13.1. The molecule has 1 aliphatic rings. The third kappa shape index (κ3) is 2.46. The number of nitrogens with zero attached hydrogens (tertiary/aromatic N) is 2. The maximum Gasteiger partial charge on any atom is 0.143 e. The largest absolute Gasteiger partial charge is 0.370 e. The molecule has 0 bridgehead atoms. The smallest absolute Gasteiger partial charge is 0.143 e. The Morgan fingerprint density at radius 3 is 3.00 bits per heavy atom. The van der Waals surface area contributed by atoms with Gasteiger partial charge in [-0.2, -0.15) is 5.26 Å². The lowest BCUT2D eigenvalue weighted by molar-refractivity contribution is 0.364. The second-order valence-electron chi connectivity index (χ2n) is 4.95. The topological polar surface area (TPSA) is 53.0 Å². The maximum atomic E-state index is 13.6. The molecule has 1 heterocycles. The number of hydrogen-bond acceptors (Lipinski definition) is 3. The van der Waals surface area contributed by atoms with E-state index in [-0.39, 0.29) is 11.6 Å². The van der Waals surface area contributed by atoms with Crippen LogP contribution in [0.2, 0.25) is 0 Å². The molecule has 18 heavy (non-hydrogen) atoms. The summed E-state index contributed by atoms with van der Waals surface area (Å²) in [5.41, 5.74) is 6.78. The fourth-order valence-corrected chi connectivity index (χ4v) is 2.54. The van der Waals surface area contributed by atoms with Crippen molar-refractivity contribution in [1.29, 1.82) is 5.26 Å². The third-order valence-corrected chi connectivity index (χ3v) is 3.65. The zero-order valence-electron chi connectivity index (χ0n) is 10.6. The molecule has 1 saturated heterocycles. The molecule has 1 fully saturated rings. The lowest BCUT2D eigenvalue weighted by atomic mass is 9.91. The predicted octanol–water partition coefficient (Wildman–Crippen LogP) is 2.26. The van der Waals surface area contributed by atoms with Gasteiger partial charge < -0.3 is 10.6 Å². The molecule has 1 aliphatic heterocycles. The monoisotopic (exact) mass is 247 g/mol. The second kappa shape index (κ2) is 5.36. The molecule has 0 spiro atoms. The first-order valence-corrected chi connectivity index (χ1v) is 6.32. The molecular weight excluding hydrogens is 229 g/mol. The molecule has 4 heteroatoms. The molecule has 0 aliphatic carbocycles. The van der Waals surface area contributed by atoms with Crippen LogP contribution in [0.5, 0.6) is 0 Å². The van der Waals surface area contributed by atoms with E-state index >= 15 is 0 Å². The van der Waals surface area contributed by atoms with Gasteiger partial charge in [-0.3, -0.25) is 0 Å². The van der Waals surface area contributed by atoms with Gasteiger partial charge in [0.25, 0.3) is 0 Å². The third-order valence-electron chi connectivity index (χ3n) is 3.65. The molecule has 2 rings (SSSR count). The van der Waals surface area contributed by atoms with Crippen LogP contribution in [0.3, 0.4) is 0 Å². The molecule has 0 amide bonds. The van der Waals surface area contributed by atoms with Crippen molar-refractivity contribution in [2.24, 2.45) is 11.7 Å². The first kappa shape index (κ1) is 12.8. The summed E-state index contributed by atoms with van der Waals surface area (Å²) in [6.45, 7) is 3.67. The normalized spacial score (nSPS) is 21.4.